The molecule has 0 saturated carbocycles. The summed E-state index contributed by atoms with van der Waals surface area (Å²) in [5.74, 6) is 0.253. The summed E-state index contributed by atoms with van der Waals surface area (Å²) in [4.78, 5) is 9.31. The van der Waals surface area contributed by atoms with E-state index in [1.165, 1.54) is 42.5 Å². The number of nitrogens with one attached hydrogen (secondary N) is 6. The lowest BCUT2D eigenvalue weighted by Gasteiger charge is -2.19. The van der Waals surface area contributed by atoms with Crippen LogP contribution >= 0.6 is 11.6 Å². The monoisotopic (exact) mass is 2050 g/mol. The average molecular weight is 2060 g/mol. The highest BCUT2D eigenvalue weighted by Gasteiger charge is 2.25. The van der Waals surface area contributed by atoms with Gasteiger partial charge in [-0.2, -0.15) is 0 Å². The molecule has 33 heteroatoms. The van der Waals surface area contributed by atoms with Crippen LogP contribution in [0.5, 0.6) is 34.5 Å². The fourth-order valence-corrected chi connectivity index (χ4v) is 22.1. The Hall–Kier alpha value is -16.3. The van der Waals surface area contributed by atoms with E-state index in [0.717, 1.165) is 71.9 Å². The van der Waals surface area contributed by atoms with Crippen molar-refractivity contribution in [2.24, 2.45) is 0 Å². The molecule has 0 fully saturated rings. The van der Waals surface area contributed by atoms with Crippen LogP contribution in [0.25, 0.3) is 86.8 Å². The first-order valence-electron chi connectivity index (χ1n) is 44.5. The van der Waals surface area contributed by atoms with Crippen molar-refractivity contribution in [3.63, 3.8) is 0 Å². The van der Waals surface area contributed by atoms with Crippen LogP contribution in [0.3, 0.4) is 0 Å². The highest BCUT2D eigenvalue weighted by molar-refractivity contribution is 7.94. The van der Waals surface area contributed by atoms with E-state index in [9.17, 15) is 81.1 Å². The van der Waals surface area contributed by atoms with Crippen molar-refractivity contribution in [1.29, 1.82) is 0 Å². The van der Waals surface area contributed by atoms with Crippen molar-refractivity contribution in [2.75, 3.05) is 28.3 Å². The minimum atomic E-state index is -3.78. The van der Waals surface area contributed by atoms with Crippen molar-refractivity contribution in [1.82, 2.24) is 9.97 Å². The number of anilines is 6. The van der Waals surface area contributed by atoms with Gasteiger partial charge in [0.25, 0.3) is 60.1 Å². The van der Waals surface area contributed by atoms with Crippen LogP contribution in [-0.4, -0.2) is 91.1 Å². The summed E-state index contributed by atoms with van der Waals surface area (Å²) in [5, 5.41) is 67.4. The van der Waals surface area contributed by atoms with Crippen LogP contribution in [0.2, 0.25) is 5.02 Å². The van der Waals surface area contributed by atoms with E-state index in [1.807, 2.05) is 123 Å². The third kappa shape index (κ3) is 25.0. The topological polar surface area (TPSA) is 424 Å². The number of aromatic nitrogens is 2. The van der Waals surface area contributed by atoms with Gasteiger partial charge in [-0.15, -0.1) is 0 Å². The standard InChI is InChI=1S/C21H16N2O3S.C20H15NO3S.C19H14N2O3S.C18H17NO3S.C17H15NO3S.C16H18ClNO3S/c24-20-13-12-19(18-7-4-14-22-21(18)20)23-27(25,26)17-10-8-16(9-11-17)15-5-2-1-3-6-15;22-17-10-8-15-6-3-7-20(19(15)13-17)21-25(23,24)18-11-9-14-4-1-2-5-16(14)12-18;22-18-10-9-17(16-6-3-11-20-19(16)18)21-25(23,24)15-8-7-13-4-1-2-5-14(13)12-15;1-2-13-6-10-16(11-7-13)23(21,22)19-18-5-3-4-14-8-9-15(20)12-17(14)18;1-12-5-9-15(10-6-12)22(20,21)18-17-4-2-3-13-7-8-14(19)11-16(13)17;1-16(2,3)11-4-7-13(8-5-11)22(20,21)18-15-9-6-12(19)10-14(15)17/h1-14,23-24H;1-13,21-22H;1-12,21-22H;3-12,19-20H,2H2,1H3;2-11,18-19H,1H3;4-10,18-19H,1-3H3. The van der Waals surface area contributed by atoms with Crippen molar-refractivity contribution in [3.8, 4) is 45.6 Å². The second-order valence-electron chi connectivity index (χ2n) is 34.0. The van der Waals surface area contributed by atoms with Crippen LogP contribution in [0, 0.1) is 6.92 Å². The van der Waals surface area contributed by atoms with Gasteiger partial charge >= 0.3 is 0 Å². The quantitative estimate of drug-likeness (QED) is 0.0315. The van der Waals surface area contributed by atoms with Gasteiger partial charge in [0.2, 0.25) is 0 Å². The Labute approximate surface area is 838 Å². The molecule has 0 radical (unpaired) electrons. The number of hydrogen-bond acceptors (Lipinski definition) is 20. The highest BCUT2D eigenvalue weighted by Crippen LogP contribution is 2.39. The number of pyridine rings is 2. The number of nitrogens with zero attached hydrogens (tertiary/aromatic N) is 2. The average Bonchev–Trinajstić information content (AvgIpc) is 0.796. The third-order valence-corrected chi connectivity index (χ3v) is 31.4. The Morgan fingerprint density at radius 2 is 0.562 bits per heavy atom. The molecule has 2 aromatic heterocycles. The fourth-order valence-electron chi connectivity index (χ4n) is 15.2. The van der Waals surface area contributed by atoms with Gasteiger partial charge in [0.05, 0.1) is 68.5 Å². The lowest BCUT2D eigenvalue weighted by molar-refractivity contribution is 0.475. The maximum absolute atomic E-state index is 12.8. The van der Waals surface area contributed by atoms with Crippen LogP contribution < -0.4 is 28.3 Å². The van der Waals surface area contributed by atoms with E-state index in [2.05, 4.69) is 59.1 Å². The van der Waals surface area contributed by atoms with Crippen LogP contribution in [-0.2, 0) is 72.0 Å². The van der Waals surface area contributed by atoms with Gasteiger partial charge < -0.3 is 30.6 Å². The van der Waals surface area contributed by atoms with Crippen LogP contribution in [0.1, 0.15) is 44.4 Å². The smallest absolute Gasteiger partial charge is 0.261 e. The first kappa shape index (κ1) is 102. The second kappa shape index (κ2) is 43.4. The number of benzene rings is 18. The second-order valence-corrected chi connectivity index (χ2v) is 44.5. The molecule has 0 unspecified atom stereocenters. The van der Waals surface area contributed by atoms with E-state index >= 15 is 0 Å². The minimum absolute atomic E-state index is 0.000706. The maximum atomic E-state index is 12.8. The molecule has 2 heterocycles. The van der Waals surface area contributed by atoms with Gasteiger partial charge in [0.1, 0.15) is 45.5 Å². The van der Waals surface area contributed by atoms with E-state index in [4.69, 9.17) is 11.6 Å². The zero-order valence-electron chi connectivity index (χ0n) is 77.6. The third-order valence-electron chi connectivity index (χ3n) is 22.9. The number of phenolic OH excluding ortho intramolecular Hbond substituents is 6. The van der Waals surface area contributed by atoms with Crippen molar-refractivity contribution in [2.45, 2.75) is 75.8 Å². The number of sulfonamides is 6. The lowest BCUT2D eigenvalue weighted by Crippen LogP contribution is -2.15. The minimum Gasteiger partial charge on any atom is -0.508 e. The molecular formula is C111H95ClN8O18S6. The number of halogens is 1. The van der Waals surface area contributed by atoms with Gasteiger partial charge in [0, 0.05) is 45.4 Å². The summed E-state index contributed by atoms with van der Waals surface area (Å²) in [6, 6.07) is 109. The lowest BCUT2D eigenvalue weighted by atomic mass is 9.87. The molecule has 0 spiro atoms. The first-order valence-corrected chi connectivity index (χ1v) is 53.8. The number of hydrogen-bond donors (Lipinski definition) is 12. The van der Waals surface area contributed by atoms with Crippen LogP contribution in [0.15, 0.2) is 430 Å². The summed E-state index contributed by atoms with van der Waals surface area (Å²) < 4.78 is 167. The number of fused-ring (bicyclic) bond motifs is 7. The first-order chi connectivity index (χ1) is 68.7. The van der Waals surface area contributed by atoms with E-state index in [1.54, 1.807) is 249 Å². The number of aryl methyl sites for hydroxylation is 2. The molecule has 0 atom stereocenters. The Morgan fingerprint density at radius 1 is 0.264 bits per heavy atom. The molecule has 18 aromatic carbocycles. The van der Waals surface area contributed by atoms with E-state index in [-0.39, 0.29) is 80.0 Å². The highest BCUT2D eigenvalue weighted by atomic mass is 35.5. The predicted molar refractivity (Wildman–Crippen MR) is 574 cm³/mol. The predicted octanol–water partition coefficient (Wildman–Crippen LogP) is 24.5. The summed E-state index contributed by atoms with van der Waals surface area (Å²) in [6.45, 7) is 10.1. The molecule has 20 rings (SSSR count). The Bertz CT molecular complexity index is 8830. The Balaban J connectivity index is 0.000000130. The largest absolute Gasteiger partial charge is 0.508 e. The molecule has 0 aliphatic carbocycles. The van der Waals surface area contributed by atoms with Crippen LogP contribution in [0.4, 0.5) is 34.1 Å². The molecule has 0 amide bonds. The maximum Gasteiger partial charge on any atom is 0.261 e. The number of rotatable bonds is 20. The summed E-state index contributed by atoms with van der Waals surface area (Å²) >= 11 is 5.92. The Morgan fingerprint density at radius 3 is 0.944 bits per heavy atom. The fraction of sp³-hybridized carbons (Fsp3) is 0.0631. The zero-order chi connectivity index (χ0) is 102. The summed E-state index contributed by atoms with van der Waals surface area (Å²) in [6.07, 6.45) is 3.95. The van der Waals surface area contributed by atoms with Gasteiger partial charge in [-0.3, -0.25) is 38.3 Å². The molecule has 12 N–H and O–H groups in total. The molecule has 20 aromatic rings. The molecule has 144 heavy (non-hydrogen) atoms. The van der Waals surface area contributed by atoms with Crippen molar-refractivity contribution < 1.29 is 81.1 Å². The van der Waals surface area contributed by atoms with Gasteiger partial charge in [-0.1, -0.05) is 239 Å². The zero-order valence-corrected chi connectivity index (χ0v) is 83.3. The number of aromatic hydroxyl groups is 6. The summed E-state index contributed by atoms with van der Waals surface area (Å²) in [7, 11) is -22.4. The normalized spacial score (nSPS) is 11.7. The van der Waals surface area contributed by atoms with Crippen molar-refractivity contribution >= 4 is 182 Å². The molecule has 26 nitrogen and oxygen atoms in total. The molecule has 730 valence electrons. The molecule has 0 aliphatic rings. The SMILES string of the molecule is CC(C)(C)c1ccc(S(=O)(=O)Nc2ccc(O)cc2Cl)cc1.CCc1ccc(S(=O)(=O)Nc2cccc3ccc(O)cc23)cc1.Cc1ccc(S(=O)(=O)Nc2cccc3ccc(O)cc23)cc1.O=S(=O)(Nc1ccc(O)c2ncccc12)c1ccc(-c2ccccc2)cc1.O=S(=O)(Nc1ccc(O)c2ncccc12)c1ccc2ccccc2c1.O=S(=O)(Nc1cccc2ccc(O)cc12)c1ccc2ccccc2c1. The van der Waals surface area contributed by atoms with Gasteiger partial charge in [-0.05, 0) is 267 Å². The molecular weight excluding hydrogens is 1960 g/mol. The molecule has 0 saturated heterocycles. The Kier molecular flexibility index (Phi) is 30.8. The van der Waals surface area contributed by atoms with Gasteiger partial charge in [0.15, 0.2) is 0 Å². The van der Waals surface area contributed by atoms with E-state index < -0.39 is 60.1 Å². The van der Waals surface area contributed by atoms with Crippen molar-refractivity contribution in [3.05, 3.63) is 422 Å². The van der Waals surface area contributed by atoms with E-state index in [0.29, 0.717) is 66.4 Å². The van der Waals surface area contributed by atoms with Gasteiger partial charge in [-0.25, -0.2) is 50.5 Å². The molecule has 0 aliphatic heterocycles. The number of phenols is 6. The molecule has 0 bridgehead atoms. The summed E-state index contributed by atoms with van der Waals surface area (Å²) in [5.41, 5.74) is 8.00.